The van der Waals surface area contributed by atoms with Gasteiger partial charge in [0.2, 0.25) is 0 Å². The van der Waals surface area contributed by atoms with Gasteiger partial charge < -0.3 is 19.7 Å². The number of rotatable bonds is 0. The van der Waals surface area contributed by atoms with Crippen LogP contribution in [0.5, 0.6) is 0 Å². The van der Waals surface area contributed by atoms with E-state index in [2.05, 4.69) is 27.7 Å². The fourth-order valence-corrected chi connectivity index (χ4v) is 10.3. The first kappa shape index (κ1) is 21.4. The summed E-state index contributed by atoms with van der Waals surface area (Å²) in [6.07, 6.45) is 9.55. The van der Waals surface area contributed by atoms with Gasteiger partial charge in [-0.05, 0) is 97.7 Å². The van der Waals surface area contributed by atoms with E-state index in [-0.39, 0.29) is 17.1 Å². The first-order valence-electron chi connectivity index (χ1n) is 13.4. The second-order valence-electron chi connectivity index (χ2n) is 13.2. The molecule has 6 aliphatic rings. The quantitative estimate of drug-likeness (QED) is 0.579. The summed E-state index contributed by atoms with van der Waals surface area (Å²) in [5.74, 6) is 3.91. The van der Waals surface area contributed by atoms with E-state index >= 15 is 0 Å². The average Bonchev–Trinajstić information content (AvgIpc) is 3.18. The Morgan fingerprint density at radius 3 is 2.32 bits per heavy atom. The molecule has 0 amide bonds. The lowest BCUT2D eigenvalue weighted by atomic mass is 9.44. The van der Waals surface area contributed by atoms with Gasteiger partial charge in [0.15, 0.2) is 5.79 Å². The molecule has 2 saturated heterocycles. The molecule has 4 saturated carbocycles. The van der Waals surface area contributed by atoms with E-state index in [1.54, 1.807) is 0 Å². The van der Waals surface area contributed by atoms with Crippen LogP contribution in [0.1, 0.15) is 85.5 Å². The molecule has 2 heterocycles. The van der Waals surface area contributed by atoms with Crippen molar-refractivity contribution in [1.29, 1.82) is 0 Å². The number of ether oxygens (including phenoxy) is 2. The van der Waals surface area contributed by atoms with Crippen LogP contribution in [0.4, 0.5) is 0 Å². The van der Waals surface area contributed by atoms with Crippen molar-refractivity contribution >= 4 is 0 Å². The van der Waals surface area contributed by atoms with Crippen LogP contribution in [0.2, 0.25) is 0 Å². The monoisotopic (exact) mass is 432 g/mol. The first-order chi connectivity index (χ1) is 14.7. The molecule has 0 aromatic heterocycles. The van der Waals surface area contributed by atoms with Gasteiger partial charge in [-0.25, -0.2) is 0 Å². The van der Waals surface area contributed by atoms with E-state index in [1.165, 1.54) is 32.1 Å². The summed E-state index contributed by atoms with van der Waals surface area (Å²) in [4.78, 5) is 0. The lowest BCUT2D eigenvalue weighted by Crippen LogP contribution is -2.58. The fourth-order valence-electron chi connectivity index (χ4n) is 10.3. The largest absolute Gasteiger partial charge is 0.390 e. The summed E-state index contributed by atoms with van der Waals surface area (Å²) >= 11 is 0. The summed E-state index contributed by atoms with van der Waals surface area (Å²) in [6, 6.07) is 0. The molecule has 13 atom stereocenters. The summed E-state index contributed by atoms with van der Waals surface area (Å²) in [5, 5.41) is 21.1. The SMILES string of the molecule is C[C@@H]1CC[C@@]2(OC1)O[C@H]1C[C@H]3[C@@H]4CC[C@H]5[C@@H](O)[C@H](O)CC[C@]5(C)[C@H]4CC[C@]3(C)[C@H]1[C@@H]2C. The van der Waals surface area contributed by atoms with E-state index in [9.17, 15) is 10.2 Å². The summed E-state index contributed by atoms with van der Waals surface area (Å²) in [5.41, 5.74) is 0.550. The number of aliphatic hydroxyl groups is 2. The average molecular weight is 433 g/mol. The molecule has 1 spiro atoms. The second-order valence-corrected chi connectivity index (χ2v) is 13.2. The van der Waals surface area contributed by atoms with E-state index in [4.69, 9.17) is 9.47 Å². The highest BCUT2D eigenvalue weighted by molar-refractivity contribution is 5.16. The minimum atomic E-state index is -0.523. The van der Waals surface area contributed by atoms with Crippen LogP contribution < -0.4 is 0 Å². The maximum atomic E-state index is 10.8. The third kappa shape index (κ3) is 2.74. The predicted molar refractivity (Wildman–Crippen MR) is 119 cm³/mol. The molecular formula is C27H44O4. The van der Waals surface area contributed by atoms with Crippen molar-refractivity contribution in [3.8, 4) is 0 Å². The first-order valence-corrected chi connectivity index (χ1v) is 13.4. The fraction of sp³-hybridized carbons (Fsp3) is 1.00. The minimum absolute atomic E-state index is 0.191. The molecule has 6 rings (SSSR count). The Kier molecular flexibility index (Phi) is 4.78. The molecule has 31 heavy (non-hydrogen) atoms. The van der Waals surface area contributed by atoms with Crippen molar-refractivity contribution in [3.05, 3.63) is 0 Å². The highest BCUT2D eigenvalue weighted by Crippen LogP contribution is 2.71. The lowest BCUT2D eigenvalue weighted by molar-refractivity contribution is -0.273. The van der Waals surface area contributed by atoms with Gasteiger partial charge in [-0.2, -0.15) is 0 Å². The molecule has 0 unspecified atom stereocenters. The topological polar surface area (TPSA) is 58.9 Å². The second kappa shape index (κ2) is 6.93. The van der Waals surface area contributed by atoms with Gasteiger partial charge in [-0.3, -0.25) is 0 Å². The van der Waals surface area contributed by atoms with Crippen LogP contribution in [0.25, 0.3) is 0 Å². The van der Waals surface area contributed by atoms with Crippen molar-refractivity contribution in [2.24, 2.45) is 52.3 Å². The van der Waals surface area contributed by atoms with Gasteiger partial charge in [0.25, 0.3) is 0 Å². The summed E-state index contributed by atoms with van der Waals surface area (Å²) in [7, 11) is 0. The third-order valence-corrected chi connectivity index (χ3v) is 12.0. The molecule has 4 aliphatic carbocycles. The Hall–Kier alpha value is -0.160. The van der Waals surface area contributed by atoms with Crippen LogP contribution in [0, 0.1) is 52.3 Å². The third-order valence-electron chi connectivity index (χ3n) is 12.0. The van der Waals surface area contributed by atoms with Crippen molar-refractivity contribution < 1.29 is 19.7 Å². The van der Waals surface area contributed by atoms with E-state index < -0.39 is 12.2 Å². The lowest BCUT2D eigenvalue weighted by Gasteiger charge is -2.62. The molecule has 4 nitrogen and oxygen atoms in total. The number of hydrogen-bond acceptors (Lipinski definition) is 4. The van der Waals surface area contributed by atoms with Gasteiger partial charge in [0.05, 0.1) is 24.9 Å². The molecule has 2 aliphatic heterocycles. The Morgan fingerprint density at radius 2 is 1.58 bits per heavy atom. The molecule has 0 aromatic rings. The van der Waals surface area contributed by atoms with Crippen molar-refractivity contribution in [2.45, 2.75) is 110 Å². The van der Waals surface area contributed by atoms with Crippen LogP contribution in [-0.4, -0.2) is 40.9 Å². The zero-order valence-corrected chi connectivity index (χ0v) is 20.1. The van der Waals surface area contributed by atoms with Crippen molar-refractivity contribution in [1.82, 2.24) is 0 Å². The molecule has 0 aromatic carbocycles. The minimum Gasteiger partial charge on any atom is -0.390 e. The number of fused-ring (bicyclic) bond motifs is 7. The highest BCUT2D eigenvalue weighted by Gasteiger charge is 2.69. The van der Waals surface area contributed by atoms with Crippen molar-refractivity contribution in [2.75, 3.05) is 6.61 Å². The Balaban J connectivity index is 1.26. The van der Waals surface area contributed by atoms with E-state index in [0.717, 1.165) is 44.1 Å². The zero-order chi connectivity index (χ0) is 21.8. The molecular weight excluding hydrogens is 388 g/mol. The van der Waals surface area contributed by atoms with Gasteiger partial charge in [-0.15, -0.1) is 0 Å². The molecule has 2 N–H and O–H groups in total. The summed E-state index contributed by atoms with van der Waals surface area (Å²) < 4.78 is 13.3. The Labute approximate surface area is 188 Å². The number of hydrogen-bond donors (Lipinski definition) is 2. The number of aliphatic hydroxyl groups excluding tert-OH is 2. The van der Waals surface area contributed by atoms with Crippen LogP contribution in [0.15, 0.2) is 0 Å². The van der Waals surface area contributed by atoms with Gasteiger partial charge in [0.1, 0.15) is 0 Å². The maximum Gasteiger partial charge on any atom is 0.171 e. The van der Waals surface area contributed by atoms with Crippen LogP contribution in [0.3, 0.4) is 0 Å². The Bertz CT molecular complexity index is 716. The predicted octanol–water partition coefficient (Wildman–Crippen LogP) is 4.76. The standard InChI is InChI=1S/C27H44O4/c1-15-7-12-27(30-14-15)16(2)23-22(31-27)13-20-17-5-6-19-24(29)21(28)9-11-25(19,3)18(17)8-10-26(20,23)4/h15-24,28-29H,5-14H2,1-4H3/t15-,16+,17-,18+,19+,20+,21-,22+,23+,24-,25-,26+,27-/m1/s1. The zero-order valence-electron chi connectivity index (χ0n) is 20.1. The highest BCUT2D eigenvalue weighted by atomic mass is 16.7. The summed E-state index contributed by atoms with van der Waals surface area (Å²) in [6.45, 7) is 10.6. The molecule has 176 valence electrons. The molecule has 0 bridgehead atoms. The maximum absolute atomic E-state index is 10.8. The van der Waals surface area contributed by atoms with Gasteiger partial charge in [0, 0.05) is 12.3 Å². The Morgan fingerprint density at radius 1 is 0.806 bits per heavy atom. The molecule has 0 radical (unpaired) electrons. The normalized spacial score (nSPS) is 63.3. The van der Waals surface area contributed by atoms with Crippen LogP contribution >= 0.6 is 0 Å². The van der Waals surface area contributed by atoms with Crippen molar-refractivity contribution in [3.63, 3.8) is 0 Å². The smallest absolute Gasteiger partial charge is 0.171 e. The molecule has 6 fully saturated rings. The van der Waals surface area contributed by atoms with E-state index in [1.807, 2.05) is 0 Å². The van der Waals surface area contributed by atoms with Crippen LogP contribution in [-0.2, 0) is 9.47 Å². The molecule has 4 heteroatoms. The van der Waals surface area contributed by atoms with E-state index in [0.29, 0.717) is 35.2 Å². The van der Waals surface area contributed by atoms with Gasteiger partial charge >= 0.3 is 0 Å². The van der Waals surface area contributed by atoms with Gasteiger partial charge in [-0.1, -0.05) is 27.7 Å².